The van der Waals surface area contributed by atoms with Gasteiger partial charge in [0, 0.05) is 5.56 Å². The lowest BCUT2D eigenvalue weighted by atomic mass is 10.2. The molecule has 0 fully saturated rings. The average molecular weight is 362 g/mol. The van der Waals surface area contributed by atoms with Crippen LogP contribution in [0, 0.1) is 5.92 Å². The number of esters is 1. The molecule has 120 valence electrons. The van der Waals surface area contributed by atoms with E-state index in [1.165, 1.54) is 13.2 Å². The maximum Gasteiger partial charge on any atom is 0.319 e. The molecule has 5 nitrogen and oxygen atoms in total. The van der Waals surface area contributed by atoms with E-state index in [4.69, 9.17) is 5.11 Å². The summed E-state index contributed by atoms with van der Waals surface area (Å²) in [4.78, 5) is 20.3. The van der Waals surface area contributed by atoms with Crippen molar-refractivity contribution in [1.29, 1.82) is 0 Å². The Labute approximate surface area is 134 Å². The largest absolute Gasteiger partial charge is 0.507 e. The highest BCUT2D eigenvalue weighted by Crippen LogP contribution is 2.23. The molecule has 21 heavy (non-hydrogen) atoms. The molecule has 0 saturated heterocycles. The van der Waals surface area contributed by atoms with Crippen LogP contribution in [0.3, 0.4) is 0 Å². The molecule has 0 saturated carbocycles. The zero-order valence-electron chi connectivity index (χ0n) is 13.1. The number of phenols is 1. The number of aldehydes is 1. The van der Waals surface area contributed by atoms with Crippen LogP contribution in [0.25, 0.3) is 0 Å². The molecule has 0 aromatic heterocycles. The number of carbonyl (C=O) groups excluding carboxylic acids is 2. The monoisotopic (exact) mass is 361 g/mol. The van der Waals surface area contributed by atoms with Gasteiger partial charge in [0.1, 0.15) is 12.0 Å². The van der Waals surface area contributed by atoms with E-state index in [0.29, 0.717) is 16.3 Å². The number of carbonyl (C=O) groups is 2. The molecule has 0 aliphatic rings. The highest BCUT2D eigenvalue weighted by molar-refractivity contribution is 9.10. The van der Waals surface area contributed by atoms with Crippen molar-refractivity contribution < 1.29 is 19.4 Å². The highest BCUT2D eigenvalue weighted by Gasteiger charge is 1.96. The summed E-state index contributed by atoms with van der Waals surface area (Å²) in [6, 6.07) is 4.65. The number of nitrogens with one attached hydrogen (secondary N) is 1. The molecule has 2 N–H and O–H groups in total. The zero-order chi connectivity index (χ0) is 16.8. The minimum atomic E-state index is -0.234. The average Bonchev–Trinajstić information content (AvgIpc) is 2.42. The summed E-state index contributed by atoms with van der Waals surface area (Å²) in [6.45, 7) is 6.79. The molecule has 1 aromatic carbocycles. The second-order valence-corrected chi connectivity index (χ2v) is 5.52. The summed E-state index contributed by atoms with van der Waals surface area (Å²) < 4.78 is 4.88. The quantitative estimate of drug-likeness (QED) is 0.639. The van der Waals surface area contributed by atoms with E-state index in [1.54, 1.807) is 19.2 Å². The van der Waals surface area contributed by atoms with Crippen molar-refractivity contribution in [3.8, 4) is 5.75 Å². The fraction of sp³-hybridized carbons (Fsp3) is 0.467. The summed E-state index contributed by atoms with van der Waals surface area (Å²) in [6.07, 6.45) is 0.687. The van der Waals surface area contributed by atoms with Gasteiger partial charge in [-0.3, -0.25) is 9.59 Å². The van der Waals surface area contributed by atoms with Gasteiger partial charge >= 0.3 is 5.97 Å². The van der Waals surface area contributed by atoms with Gasteiger partial charge in [-0.25, -0.2) is 0 Å². The van der Waals surface area contributed by atoms with Crippen molar-refractivity contribution in [2.75, 3.05) is 20.7 Å². The number of aromatic hydroxyl groups is 1. The fourth-order valence-corrected chi connectivity index (χ4v) is 1.07. The van der Waals surface area contributed by atoms with Crippen LogP contribution in [0.15, 0.2) is 22.7 Å². The van der Waals surface area contributed by atoms with E-state index in [2.05, 4.69) is 46.8 Å². The van der Waals surface area contributed by atoms with Crippen LogP contribution in [0.4, 0.5) is 0 Å². The number of benzene rings is 1. The Morgan fingerprint density at radius 2 is 1.95 bits per heavy atom. The molecule has 0 unspecified atom stereocenters. The lowest BCUT2D eigenvalue weighted by Gasteiger charge is -1.94. The van der Waals surface area contributed by atoms with Crippen LogP contribution >= 0.6 is 15.9 Å². The van der Waals surface area contributed by atoms with E-state index in [0.717, 1.165) is 5.92 Å². The number of likely N-dealkylation sites (N-methyl/N-ethyl adjacent to an activating group) is 1. The highest BCUT2D eigenvalue weighted by atomic mass is 79.9. The standard InChI is InChI=1S/C7H5BrO2.C4H9NO2.C4H10/c8-6-2-1-5(4-9)3-7(6)10;1-5-3-4(6)7-2;1-4(2)3/h1-4,10H;5H,3H2,1-2H3;4H,1-3H3. The molecule has 0 spiro atoms. The Balaban J connectivity index is 0. The Hall–Kier alpha value is -1.40. The first-order valence-corrected chi connectivity index (χ1v) is 7.22. The molecular weight excluding hydrogens is 338 g/mol. The molecule has 6 heteroatoms. The molecule has 0 aliphatic heterocycles. The number of hydrogen-bond donors (Lipinski definition) is 2. The third kappa shape index (κ3) is 14.8. The van der Waals surface area contributed by atoms with E-state index in [1.807, 2.05) is 0 Å². The topological polar surface area (TPSA) is 75.6 Å². The van der Waals surface area contributed by atoms with Crippen molar-refractivity contribution in [2.45, 2.75) is 20.8 Å². The van der Waals surface area contributed by atoms with Crippen molar-refractivity contribution in [3.05, 3.63) is 28.2 Å². The third-order valence-corrected chi connectivity index (χ3v) is 2.33. The Morgan fingerprint density at radius 1 is 1.43 bits per heavy atom. The van der Waals surface area contributed by atoms with Crippen LogP contribution in [-0.2, 0) is 9.53 Å². The zero-order valence-corrected chi connectivity index (χ0v) is 14.7. The van der Waals surface area contributed by atoms with Gasteiger partial charge in [0.15, 0.2) is 0 Å². The minimum Gasteiger partial charge on any atom is -0.507 e. The maximum atomic E-state index is 10.1. The Morgan fingerprint density at radius 3 is 2.24 bits per heavy atom. The van der Waals surface area contributed by atoms with Gasteiger partial charge in [-0.2, -0.15) is 0 Å². The summed E-state index contributed by atoms with van der Waals surface area (Å²) >= 11 is 3.09. The fourth-order valence-electron chi connectivity index (χ4n) is 0.820. The molecular formula is C15H24BrNO4. The van der Waals surface area contributed by atoms with Crippen LogP contribution in [0.2, 0.25) is 0 Å². The molecule has 1 rings (SSSR count). The van der Waals surface area contributed by atoms with Gasteiger partial charge in [0.25, 0.3) is 0 Å². The molecule has 0 bridgehead atoms. The van der Waals surface area contributed by atoms with E-state index < -0.39 is 0 Å². The summed E-state index contributed by atoms with van der Waals surface area (Å²) in [5.41, 5.74) is 0.473. The Kier molecular flexibility index (Phi) is 14.2. The number of halogens is 1. The summed E-state index contributed by atoms with van der Waals surface area (Å²) in [7, 11) is 3.05. The number of hydrogen-bond acceptors (Lipinski definition) is 5. The van der Waals surface area contributed by atoms with E-state index >= 15 is 0 Å². The van der Waals surface area contributed by atoms with Gasteiger partial charge in [-0.15, -0.1) is 0 Å². The number of methoxy groups -OCH3 is 1. The van der Waals surface area contributed by atoms with Crippen LogP contribution in [0.1, 0.15) is 31.1 Å². The van der Waals surface area contributed by atoms with Gasteiger partial charge in [0.2, 0.25) is 0 Å². The molecule has 0 amide bonds. The first-order chi connectivity index (χ1) is 9.78. The lowest BCUT2D eigenvalue weighted by molar-refractivity contribution is -0.139. The first kappa shape index (κ1) is 21.9. The van der Waals surface area contributed by atoms with Gasteiger partial charge in [-0.05, 0) is 41.0 Å². The molecule has 0 heterocycles. The molecule has 1 aromatic rings. The lowest BCUT2D eigenvalue weighted by Crippen LogP contribution is -2.19. The predicted octanol–water partition coefficient (Wildman–Crippen LogP) is 3.01. The smallest absolute Gasteiger partial charge is 0.319 e. The minimum absolute atomic E-state index is 0.0876. The summed E-state index contributed by atoms with van der Waals surface area (Å²) in [5, 5.41) is 11.7. The number of phenolic OH excluding ortho intramolecular Hbond substituents is 1. The van der Waals surface area contributed by atoms with Crippen molar-refractivity contribution in [3.63, 3.8) is 0 Å². The van der Waals surface area contributed by atoms with Gasteiger partial charge < -0.3 is 15.2 Å². The SMILES string of the molecule is CC(C)C.CNCC(=O)OC.O=Cc1ccc(Br)c(O)c1. The number of ether oxygens (including phenoxy) is 1. The predicted molar refractivity (Wildman–Crippen MR) is 87.6 cm³/mol. The van der Waals surface area contributed by atoms with Crippen molar-refractivity contribution >= 4 is 28.2 Å². The van der Waals surface area contributed by atoms with E-state index in [-0.39, 0.29) is 18.3 Å². The van der Waals surface area contributed by atoms with Crippen LogP contribution in [0.5, 0.6) is 5.75 Å². The normalized spacial score (nSPS) is 8.90. The van der Waals surface area contributed by atoms with Crippen LogP contribution in [-0.4, -0.2) is 38.1 Å². The first-order valence-electron chi connectivity index (χ1n) is 6.43. The van der Waals surface area contributed by atoms with Crippen LogP contribution < -0.4 is 5.32 Å². The third-order valence-electron chi connectivity index (χ3n) is 1.66. The second kappa shape index (κ2) is 13.6. The molecule has 0 atom stereocenters. The van der Waals surface area contributed by atoms with Gasteiger partial charge in [0.05, 0.1) is 18.1 Å². The van der Waals surface area contributed by atoms with Crippen molar-refractivity contribution in [1.82, 2.24) is 5.32 Å². The Bertz CT molecular complexity index is 419. The molecule has 0 aliphatic carbocycles. The van der Waals surface area contributed by atoms with Crippen molar-refractivity contribution in [2.24, 2.45) is 5.92 Å². The molecule has 0 radical (unpaired) electrons. The summed E-state index contributed by atoms with van der Waals surface area (Å²) in [5.74, 6) is 0.687. The number of rotatable bonds is 3. The maximum absolute atomic E-state index is 10.1. The second-order valence-electron chi connectivity index (χ2n) is 4.67. The van der Waals surface area contributed by atoms with E-state index in [9.17, 15) is 9.59 Å². The van der Waals surface area contributed by atoms with Gasteiger partial charge in [-0.1, -0.05) is 26.8 Å².